The van der Waals surface area contributed by atoms with Crippen LogP contribution in [0.4, 0.5) is 0 Å². The van der Waals surface area contributed by atoms with Crippen LogP contribution in [0.5, 0.6) is 0 Å². The quantitative estimate of drug-likeness (QED) is 0.323. The number of guanidine groups is 1. The fourth-order valence-corrected chi connectivity index (χ4v) is 4.03. The van der Waals surface area contributed by atoms with Gasteiger partial charge in [0.2, 0.25) is 11.7 Å². The Morgan fingerprint density at radius 3 is 2.76 bits per heavy atom. The van der Waals surface area contributed by atoms with Gasteiger partial charge < -0.3 is 15.2 Å². The molecule has 4 aromatic rings. The van der Waals surface area contributed by atoms with Crippen molar-refractivity contribution in [1.29, 1.82) is 5.41 Å². The van der Waals surface area contributed by atoms with Crippen LogP contribution in [0.2, 0.25) is 0 Å². The van der Waals surface area contributed by atoms with E-state index >= 15 is 0 Å². The number of nitrogens with zero attached hydrogens (tertiary/aromatic N) is 8. The van der Waals surface area contributed by atoms with Crippen LogP contribution in [-0.4, -0.2) is 58.4 Å². The average molecular weight is 469 g/mol. The third-order valence-corrected chi connectivity index (χ3v) is 5.66. The first-order valence-corrected chi connectivity index (χ1v) is 10.5. The molecule has 1 aliphatic heterocycles. The summed E-state index contributed by atoms with van der Waals surface area (Å²) in [6.07, 6.45) is 8.16. The van der Waals surface area contributed by atoms with Crippen molar-refractivity contribution in [2.45, 2.75) is 31.8 Å². The summed E-state index contributed by atoms with van der Waals surface area (Å²) in [4.78, 5) is 6.43. The first-order chi connectivity index (χ1) is 15.5. The second kappa shape index (κ2) is 9.41. The van der Waals surface area contributed by atoms with Crippen LogP contribution in [0, 0.1) is 5.41 Å². The Bertz CT molecular complexity index is 1230. The van der Waals surface area contributed by atoms with E-state index in [1.54, 1.807) is 15.6 Å². The monoisotopic (exact) mass is 468 g/mol. The van der Waals surface area contributed by atoms with Gasteiger partial charge in [-0.3, -0.25) is 10.1 Å². The maximum Gasteiger partial charge on any atom is 0.229 e. The van der Waals surface area contributed by atoms with Crippen molar-refractivity contribution in [2.75, 3.05) is 6.54 Å². The van der Waals surface area contributed by atoms with Gasteiger partial charge in [-0.25, -0.2) is 4.68 Å². The lowest BCUT2D eigenvalue weighted by Gasteiger charge is -2.23. The summed E-state index contributed by atoms with van der Waals surface area (Å²) < 4.78 is 8.99. The highest BCUT2D eigenvalue weighted by molar-refractivity contribution is 5.85. The van der Waals surface area contributed by atoms with Crippen molar-refractivity contribution in [3.8, 4) is 22.6 Å². The van der Waals surface area contributed by atoms with Crippen molar-refractivity contribution in [1.82, 2.24) is 39.8 Å². The van der Waals surface area contributed by atoms with Crippen molar-refractivity contribution in [3.05, 3.63) is 54.3 Å². The van der Waals surface area contributed by atoms with Gasteiger partial charge in [-0.1, -0.05) is 34.6 Å². The first kappa shape index (κ1) is 22.5. The number of aryl methyl sites for hydroxylation is 1. The van der Waals surface area contributed by atoms with E-state index in [2.05, 4.69) is 25.6 Å². The van der Waals surface area contributed by atoms with Crippen LogP contribution < -0.4 is 5.73 Å². The van der Waals surface area contributed by atoms with Gasteiger partial charge in [-0.05, 0) is 18.4 Å². The summed E-state index contributed by atoms with van der Waals surface area (Å²) in [5, 5.41) is 24.4. The highest BCUT2D eigenvalue weighted by Crippen LogP contribution is 2.22. The molecule has 0 aliphatic carbocycles. The largest absolute Gasteiger partial charge is 0.370 e. The zero-order valence-corrected chi connectivity index (χ0v) is 18.9. The van der Waals surface area contributed by atoms with E-state index in [4.69, 9.17) is 15.7 Å². The maximum atomic E-state index is 7.70. The van der Waals surface area contributed by atoms with Crippen LogP contribution in [0.15, 0.2) is 47.4 Å². The molecule has 0 bridgehead atoms. The number of likely N-dealkylation sites (tertiary alicyclic amines) is 1. The summed E-state index contributed by atoms with van der Waals surface area (Å²) >= 11 is 0. The molecule has 12 heteroatoms. The standard InChI is InChI=1S/C21H24N10O.ClH/c1-29-12-16(10-24-29)18-13-30(28-26-18)11-14-4-6-15(7-5-14)20-25-19(32-27-20)9-17-3-2-8-31(17)21(22)23;/h4-7,10,12-13,17H,2-3,8-9,11H2,1H3,(H3,22,23);1H/t17-;/m0./s1. The fourth-order valence-electron chi connectivity index (χ4n) is 4.03. The van der Waals surface area contributed by atoms with Crippen LogP contribution in [0.3, 0.4) is 0 Å². The lowest BCUT2D eigenvalue weighted by atomic mass is 10.1. The molecule has 0 unspecified atom stereocenters. The molecular weight excluding hydrogens is 444 g/mol. The highest BCUT2D eigenvalue weighted by atomic mass is 35.5. The molecule has 1 atom stereocenters. The Balaban J connectivity index is 0.00000259. The Morgan fingerprint density at radius 2 is 2.03 bits per heavy atom. The van der Waals surface area contributed by atoms with E-state index in [1.165, 1.54) is 0 Å². The number of halogens is 1. The third kappa shape index (κ3) is 4.87. The molecule has 5 rings (SSSR count). The molecule has 0 radical (unpaired) electrons. The lowest BCUT2D eigenvalue weighted by Crippen LogP contribution is -2.41. The van der Waals surface area contributed by atoms with E-state index in [-0.39, 0.29) is 24.4 Å². The summed E-state index contributed by atoms with van der Waals surface area (Å²) in [6, 6.07) is 8.12. The molecule has 1 aliphatic rings. The molecule has 1 fully saturated rings. The minimum atomic E-state index is 0. The zero-order chi connectivity index (χ0) is 22.1. The van der Waals surface area contributed by atoms with Gasteiger partial charge in [-0.2, -0.15) is 10.1 Å². The van der Waals surface area contributed by atoms with Crippen molar-refractivity contribution >= 4 is 18.4 Å². The van der Waals surface area contributed by atoms with Gasteiger partial charge in [0.15, 0.2) is 5.96 Å². The van der Waals surface area contributed by atoms with E-state index in [0.29, 0.717) is 24.7 Å². The molecule has 1 saturated heterocycles. The number of hydrogen-bond donors (Lipinski definition) is 2. The van der Waals surface area contributed by atoms with Gasteiger partial charge in [-0.15, -0.1) is 17.5 Å². The molecule has 172 valence electrons. The van der Waals surface area contributed by atoms with E-state index < -0.39 is 0 Å². The Morgan fingerprint density at radius 1 is 1.21 bits per heavy atom. The van der Waals surface area contributed by atoms with Gasteiger partial charge in [0.25, 0.3) is 0 Å². The first-order valence-electron chi connectivity index (χ1n) is 10.5. The van der Waals surface area contributed by atoms with Crippen molar-refractivity contribution in [2.24, 2.45) is 12.8 Å². The molecule has 11 nitrogen and oxygen atoms in total. The summed E-state index contributed by atoms with van der Waals surface area (Å²) in [5.41, 5.74) is 9.36. The number of hydrogen-bond acceptors (Lipinski definition) is 7. The number of benzene rings is 1. The predicted molar refractivity (Wildman–Crippen MR) is 124 cm³/mol. The second-order valence-electron chi connectivity index (χ2n) is 7.99. The molecule has 1 aromatic carbocycles. The van der Waals surface area contributed by atoms with E-state index in [1.807, 2.05) is 48.6 Å². The maximum absolute atomic E-state index is 7.70. The molecule has 0 saturated carbocycles. The summed E-state index contributed by atoms with van der Waals surface area (Å²) in [6.45, 7) is 1.41. The Kier molecular flexibility index (Phi) is 6.40. The van der Waals surface area contributed by atoms with Gasteiger partial charge in [0.1, 0.15) is 5.69 Å². The SMILES string of the molecule is Cl.Cn1cc(-c2cn(Cc3ccc(-c4noc(C[C@@H]5CCCN5C(=N)N)n4)cc3)nn2)cn1. The molecule has 0 amide bonds. The van der Waals surface area contributed by atoms with Gasteiger partial charge in [0.05, 0.1) is 18.9 Å². The number of rotatable bonds is 6. The molecular formula is C21H25ClN10O. The van der Waals surface area contributed by atoms with E-state index in [9.17, 15) is 0 Å². The van der Waals surface area contributed by atoms with Crippen molar-refractivity contribution < 1.29 is 4.52 Å². The second-order valence-corrected chi connectivity index (χ2v) is 7.99. The van der Waals surface area contributed by atoms with Crippen LogP contribution in [0.25, 0.3) is 22.6 Å². The highest BCUT2D eigenvalue weighted by Gasteiger charge is 2.27. The fraction of sp³-hybridized carbons (Fsp3) is 0.333. The summed E-state index contributed by atoms with van der Waals surface area (Å²) in [5.74, 6) is 1.22. The van der Waals surface area contributed by atoms with Crippen molar-refractivity contribution in [3.63, 3.8) is 0 Å². The molecule has 4 heterocycles. The normalized spacial score (nSPS) is 15.5. The van der Waals surface area contributed by atoms with Crippen LogP contribution in [-0.2, 0) is 20.0 Å². The molecule has 0 spiro atoms. The van der Waals surface area contributed by atoms with E-state index in [0.717, 1.165) is 41.8 Å². The van der Waals surface area contributed by atoms with Gasteiger partial charge >= 0.3 is 0 Å². The Hall–Kier alpha value is -3.73. The lowest BCUT2D eigenvalue weighted by molar-refractivity contribution is 0.320. The third-order valence-electron chi connectivity index (χ3n) is 5.66. The number of nitrogens with one attached hydrogen (secondary N) is 1. The number of nitrogens with two attached hydrogens (primary N) is 1. The van der Waals surface area contributed by atoms with Crippen LogP contribution >= 0.6 is 12.4 Å². The molecule has 3 N–H and O–H groups in total. The molecule has 3 aromatic heterocycles. The Labute approximate surface area is 196 Å². The minimum Gasteiger partial charge on any atom is -0.370 e. The molecule has 33 heavy (non-hydrogen) atoms. The smallest absolute Gasteiger partial charge is 0.229 e. The van der Waals surface area contributed by atoms with Crippen LogP contribution in [0.1, 0.15) is 24.3 Å². The van der Waals surface area contributed by atoms with Gasteiger partial charge in [0, 0.05) is 43.4 Å². The summed E-state index contributed by atoms with van der Waals surface area (Å²) in [7, 11) is 1.87. The minimum absolute atomic E-state index is 0. The topological polar surface area (TPSA) is 141 Å². The zero-order valence-electron chi connectivity index (χ0n) is 18.1. The average Bonchev–Trinajstić information content (AvgIpc) is 3.56. The predicted octanol–water partition coefficient (Wildman–Crippen LogP) is 2.10. The number of aromatic nitrogens is 7.